The zero-order valence-corrected chi connectivity index (χ0v) is 15.1. The van der Waals surface area contributed by atoms with Crippen LogP contribution in [0.1, 0.15) is 11.1 Å². The molecule has 0 aliphatic carbocycles. The van der Waals surface area contributed by atoms with Gasteiger partial charge in [0.05, 0.1) is 16.9 Å². The Balaban J connectivity index is 1.86. The van der Waals surface area contributed by atoms with Crippen molar-refractivity contribution in [2.45, 2.75) is 12.5 Å². The van der Waals surface area contributed by atoms with Gasteiger partial charge < -0.3 is 15.0 Å². The Hall–Kier alpha value is -2.64. The number of rotatable bonds is 5. The van der Waals surface area contributed by atoms with Gasteiger partial charge in [-0.2, -0.15) is 0 Å². The number of thioether (sulfide) groups is 1. The predicted molar refractivity (Wildman–Crippen MR) is 102 cm³/mol. The summed E-state index contributed by atoms with van der Waals surface area (Å²) in [6, 6.07) is 14.2. The van der Waals surface area contributed by atoms with Crippen LogP contribution in [-0.2, 0) is 16.0 Å². The second-order valence-corrected chi connectivity index (χ2v) is 7.34. The molecule has 0 saturated carbocycles. The van der Waals surface area contributed by atoms with E-state index in [9.17, 15) is 19.8 Å². The first-order valence-electron chi connectivity index (χ1n) is 7.76. The van der Waals surface area contributed by atoms with Crippen LogP contribution in [0.4, 0.5) is 0 Å². The lowest BCUT2D eigenvalue weighted by Crippen LogP contribution is -2.51. The first-order valence-corrected chi connectivity index (χ1v) is 8.99. The number of carbonyl (C=O) groups is 2. The minimum atomic E-state index is -1.35. The number of aliphatic carboxylic acids is 1. The van der Waals surface area contributed by atoms with Crippen LogP contribution in [0.25, 0.3) is 6.08 Å². The minimum absolute atomic E-state index is 0.113. The number of nitrogens with zero attached hydrogens (tertiary/aromatic N) is 1. The van der Waals surface area contributed by atoms with Crippen molar-refractivity contribution in [3.63, 3.8) is 0 Å². The Morgan fingerprint density at radius 3 is 2.46 bits per heavy atom. The first-order chi connectivity index (χ1) is 12.5. The van der Waals surface area contributed by atoms with Gasteiger partial charge in [-0.1, -0.05) is 66.4 Å². The Bertz CT molecular complexity index is 878. The molecule has 1 fully saturated rings. The molecule has 0 radical (unpaired) electrons. The van der Waals surface area contributed by atoms with E-state index in [1.54, 1.807) is 42.5 Å². The van der Waals surface area contributed by atoms with Crippen molar-refractivity contribution in [1.29, 1.82) is 0 Å². The number of aromatic hydroxyl groups is 1. The minimum Gasteiger partial charge on any atom is -0.548 e. The van der Waals surface area contributed by atoms with Crippen molar-refractivity contribution in [3.8, 4) is 5.75 Å². The molecule has 0 bridgehead atoms. The second-order valence-electron chi connectivity index (χ2n) is 5.67. The molecule has 2 aromatic carbocycles. The SMILES string of the molecule is O=C([O-])C(Cc1ccccc1)N1C(=O)C(=Cc2ccc(O)cc2)SC1=S. The number of carboxylic acid groups (broad SMARTS) is 1. The number of phenolic OH excluding ortho intramolecular Hbond substituents is 1. The van der Waals surface area contributed by atoms with Crippen LogP contribution in [0.2, 0.25) is 0 Å². The van der Waals surface area contributed by atoms with E-state index in [2.05, 4.69) is 0 Å². The highest BCUT2D eigenvalue weighted by Crippen LogP contribution is 2.34. The molecular weight excluding hydrogens is 370 g/mol. The average molecular weight is 384 g/mol. The second kappa shape index (κ2) is 7.72. The number of hydrogen-bond donors (Lipinski definition) is 1. The summed E-state index contributed by atoms with van der Waals surface area (Å²) in [7, 11) is 0. The molecule has 1 N–H and O–H groups in total. The molecule has 0 aromatic heterocycles. The number of thiocarbonyl (C=S) groups is 1. The lowest BCUT2D eigenvalue weighted by atomic mass is 10.0. The third kappa shape index (κ3) is 3.95. The van der Waals surface area contributed by atoms with Crippen LogP contribution in [-0.4, -0.2) is 32.2 Å². The number of amides is 1. The highest BCUT2D eigenvalue weighted by atomic mass is 32.2. The molecular formula is C19H14NO4S2-. The van der Waals surface area contributed by atoms with Crippen LogP contribution >= 0.6 is 24.0 Å². The van der Waals surface area contributed by atoms with Crippen LogP contribution in [0.15, 0.2) is 59.5 Å². The Morgan fingerprint density at radius 2 is 1.85 bits per heavy atom. The fraction of sp³-hybridized carbons (Fsp3) is 0.105. The third-order valence-corrected chi connectivity index (χ3v) is 5.20. The lowest BCUT2D eigenvalue weighted by molar-refractivity contribution is -0.310. The van der Waals surface area contributed by atoms with E-state index in [0.717, 1.165) is 22.2 Å². The van der Waals surface area contributed by atoms with Gasteiger partial charge >= 0.3 is 0 Å². The topological polar surface area (TPSA) is 80.7 Å². The van der Waals surface area contributed by atoms with Gasteiger partial charge in [0.2, 0.25) is 0 Å². The van der Waals surface area contributed by atoms with E-state index in [4.69, 9.17) is 12.2 Å². The summed E-state index contributed by atoms with van der Waals surface area (Å²) in [6.07, 6.45) is 1.73. The van der Waals surface area contributed by atoms with Crippen LogP contribution in [0.5, 0.6) is 5.75 Å². The van der Waals surface area contributed by atoms with Crippen LogP contribution < -0.4 is 5.11 Å². The van der Waals surface area contributed by atoms with E-state index < -0.39 is 17.9 Å². The molecule has 7 heteroatoms. The van der Waals surface area contributed by atoms with Gasteiger partial charge in [0.15, 0.2) is 0 Å². The van der Waals surface area contributed by atoms with Crippen molar-refractivity contribution in [2.75, 3.05) is 0 Å². The molecule has 1 unspecified atom stereocenters. The highest BCUT2D eigenvalue weighted by molar-refractivity contribution is 8.26. The maximum absolute atomic E-state index is 12.7. The van der Waals surface area contributed by atoms with Crippen LogP contribution in [0, 0.1) is 0 Å². The molecule has 26 heavy (non-hydrogen) atoms. The molecule has 1 amide bonds. The van der Waals surface area contributed by atoms with Gasteiger partial charge in [0, 0.05) is 0 Å². The number of hydrogen-bond acceptors (Lipinski definition) is 6. The molecule has 1 atom stereocenters. The molecule has 1 saturated heterocycles. The summed E-state index contributed by atoms with van der Waals surface area (Å²) in [5.74, 6) is -1.69. The molecule has 1 aliphatic heterocycles. The van der Waals surface area contributed by atoms with Crippen LogP contribution in [0.3, 0.4) is 0 Å². The molecule has 0 spiro atoms. The Kier molecular flexibility index (Phi) is 5.39. The van der Waals surface area contributed by atoms with Gasteiger partial charge in [-0.05, 0) is 35.8 Å². The summed E-state index contributed by atoms with van der Waals surface area (Å²) in [4.78, 5) is 25.8. The third-order valence-electron chi connectivity index (χ3n) is 3.87. The van der Waals surface area contributed by atoms with Gasteiger partial charge in [-0.3, -0.25) is 9.69 Å². The first kappa shape index (κ1) is 18.2. The lowest BCUT2D eigenvalue weighted by Gasteiger charge is -2.27. The molecule has 1 aliphatic rings. The molecule has 5 nitrogen and oxygen atoms in total. The maximum atomic E-state index is 12.7. The summed E-state index contributed by atoms with van der Waals surface area (Å²) in [5.41, 5.74) is 1.48. The largest absolute Gasteiger partial charge is 0.548 e. The van der Waals surface area contributed by atoms with E-state index in [0.29, 0.717) is 10.5 Å². The van der Waals surface area contributed by atoms with Gasteiger partial charge in [-0.25, -0.2) is 0 Å². The summed E-state index contributed by atoms with van der Waals surface area (Å²) < 4.78 is 0.185. The molecule has 1 heterocycles. The predicted octanol–water partition coefficient (Wildman–Crippen LogP) is 1.95. The fourth-order valence-corrected chi connectivity index (χ4v) is 3.94. The Morgan fingerprint density at radius 1 is 1.19 bits per heavy atom. The van der Waals surface area contributed by atoms with E-state index in [-0.39, 0.29) is 16.5 Å². The number of carboxylic acids is 1. The monoisotopic (exact) mass is 384 g/mol. The van der Waals surface area contributed by atoms with Crippen molar-refractivity contribution in [2.24, 2.45) is 0 Å². The van der Waals surface area contributed by atoms with Crippen molar-refractivity contribution in [3.05, 3.63) is 70.6 Å². The zero-order chi connectivity index (χ0) is 18.7. The maximum Gasteiger partial charge on any atom is 0.266 e. The van der Waals surface area contributed by atoms with Crippen molar-refractivity contribution in [1.82, 2.24) is 4.90 Å². The average Bonchev–Trinajstić information content (AvgIpc) is 2.89. The van der Waals surface area contributed by atoms with E-state index in [1.165, 1.54) is 12.1 Å². The molecule has 2 aromatic rings. The smallest absolute Gasteiger partial charge is 0.266 e. The molecule has 3 rings (SSSR count). The fourth-order valence-electron chi connectivity index (χ4n) is 2.59. The number of benzene rings is 2. The van der Waals surface area contributed by atoms with Gasteiger partial charge in [0.1, 0.15) is 10.1 Å². The van der Waals surface area contributed by atoms with Crippen molar-refractivity contribution >= 4 is 46.3 Å². The van der Waals surface area contributed by atoms with Gasteiger partial charge in [0.25, 0.3) is 5.91 Å². The standard InChI is InChI=1S/C19H15NO4S2/c21-14-8-6-13(7-9-14)11-16-17(22)20(19(25)26-16)15(18(23)24)10-12-4-2-1-3-5-12/h1-9,11,15,21H,10H2,(H,23,24)/p-1. The highest BCUT2D eigenvalue weighted by Gasteiger charge is 2.37. The van der Waals surface area contributed by atoms with E-state index >= 15 is 0 Å². The number of phenols is 1. The van der Waals surface area contributed by atoms with Gasteiger partial charge in [-0.15, -0.1) is 0 Å². The summed E-state index contributed by atoms with van der Waals surface area (Å²) in [6.45, 7) is 0. The summed E-state index contributed by atoms with van der Waals surface area (Å²) >= 11 is 6.29. The quantitative estimate of drug-likeness (QED) is 0.627. The van der Waals surface area contributed by atoms with E-state index in [1.807, 2.05) is 6.07 Å². The normalized spacial score (nSPS) is 16.9. The Labute approximate surface area is 160 Å². The summed E-state index contributed by atoms with van der Waals surface area (Å²) in [5, 5.41) is 21.0. The number of carbonyl (C=O) groups excluding carboxylic acids is 2. The molecule has 132 valence electrons. The zero-order valence-electron chi connectivity index (χ0n) is 13.5. The van der Waals surface area contributed by atoms with Crippen molar-refractivity contribution < 1.29 is 19.8 Å².